The molecule has 2 aromatic heterocycles. The van der Waals surface area contributed by atoms with Crippen LogP contribution in [-0.4, -0.2) is 44.1 Å². The van der Waals surface area contributed by atoms with Crippen LogP contribution in [-0.2, 0) is 4.79 Å². The van der Waals surface area contributed by atoms with Crippen molar-refractivity contribution in [2.24, 2.45) is 0 Å². The first-order valence-corrected chi connectivity index (χ1v) is 8.89. The van der Waals surface area contributed by atoms with Crippen LogP contribution < -0.4 is 10.6 Å². The first-order chi connectivity index (χ1) is 11.6. The lowest BCUT2D eigenvalue weighted by Gasteiger charge is -2.30. The van der Waals surface area contributed by atoms with E-state index in [4.69, 9.17) is 5.73 Å². The molecule has 1 aromatic carbocycles. The number of aromatic amines is 2. The van der Waals surface area contributed by atoms with E-state index in [2.05, 4.69) is 15.0 Å². The Morgan fingerprint density at radius 3 is 2.96 bits per heavy atom. The number of H-pyrrole nitrogens is 2. The van der Waals surface area contributed by atoms with Crippen LogP contribution in [0.4, 0.5) is 17.5 Å². The summed E-state index contributed by atoms with van der Waals surface area (Å²) in [6.07, 6.45) is 4.28. The summed E-state index contributed by atoms with van der Waals surface area (Å²) in [5, 5.41) is 9.74. The second-order valence-electron chi connectivity index (χ2n) is 5.38. The number of nitrogens with one attached hydrogen (secondary N) is 2. The highest BCUT2D eigenvalue weighted by atomic mass is 32.2. The van der Waals surface area contributed by atoms with Gasteiger partial charge in [0, 0.05) is 11.9 Å². The third kappa shape index (κ3) is 3.18. The molecule has 1 atom stereocenters. The number of benzene rings is 1. The van der Waals surface area contributed by atoms with Crippen molar-refractivity contribution in [3.63, 3.8) is 0 Å². The number of nitrogens with zero attached hydrogens (tertiary/aromatic N) is 2. The molecule has 7 nitrogen and oxygen atoms in total. The van der Waals surface area contributed by atoms with Crippen LogP contribution in [0.15, 0.2) is 36.5 Å². The van der Waals surface area contributed by atoms with E-state index in [9.17, 15) is 9.90 Å². The Morgan fingerprint density at radius 1 is 1.46 bits per heavy atom. The summed E-state index contributed by atoms with van der Waals surface area (Å²) in [7, 11) is 0. The molecule has 0 radical (unpaired) electrons. The van der Waals surface area contributed by atoms with E-state index in [1.165, 1.54) is 0 Å². The third-order valence-corrected chi connectivity index (χ3v) is 4.44. The fourth-order valence-electron chi connectivity index (χ4n) is 2.72. The molecule has 0 bridgehead atoms. The van der Waals surface area contributed by atoms with E-state index >= 15 is 0 Å². The second-order valence-corrected chi connectivity index (χ2v) is 6.37. The topological polar surface area (TPSA) is 111 Å². The molecule has 0 fully saturated rings. The van der Waals surface area contributed by atoms with E-state index < -0.39 is 12.0 Å². The highest BCUT2D eigenvalue weighted by Crippen LogP contribution is 2.30. The van der Waals surface area contributed by atoms with Gasteiger partial charge in [-0.1, -0.05) is 0 Å². The van der Waals surface area contributed by atoms with Crippen molar-refractivity contribution in [1.82, 2.24) is 15.0 Å². The molecule has 126 valence electrons. The predicted molar refractivity (Wildman–Crippen MR) is 97.9 cm³/mol. The highest BCUT2D eigenvalue weighted by Gasteiger charge is 2.28. The molecule has 24 heavy (non-hydrogen) atoms. The maximum Gasteiger partial charge on any atom is 0.326 e. The molecule has 5 N–H and O–H groups in total. The Hall–Kier alpha value is -2.61. The minimum atomic E-state index is -0.858. The number of aromatic nitrogens is 3. The van der Waals surface area contributed by atoms with Crippen molar-refractivity contribution in [1.29, 1.82) is 0 Å². The summed E-state index contributed by atoms with van der Waals surface area (Å²) >= 11 is 1.63. The predicted octanol–water partition coefficient (Wildman–Crippen LogP) is 2.82. The summed E-state index contributed by atoms with van der Waals surface area (Å²) in [4.78, 5) is 24.0. The summed E-state index contributed by atoms with van der Waals surface area (Å²) in [5.74, 6) is 0.969. The maximum absolute atomic E-state index is 11.9. The van der Waals surface area contributed by atoms with Gasteiger partial charge in [0.15, 0.2) is 5.95 Å². The van der Waals surface area contributed by atoms with Crippen LogP contribution in [0.2, 0.25) is 0 Å². The van der Waals surface area contributed by atoms with Gasteiger partial charge < -0.3 is 25.7 Å². The van der Waals surface area contributed by atoms with Gasteiger partial charge in [0.1, 0.15) is 11.9 Å². The van der Waals surface area contributed by atoms with Crippen LogP contribution in [0.5, 0.6) is 0 Å². The van der Waals surface area contributed by atoms with Gasteiger partial charge in [-0.15, -0.1) is 0 Å². The molecule has 3 rings (SSSR count). The number of carboxylic acids is 1. The Kier molecular flexibility index (Phi) is 4.66. The smallest absolute Gasteiger partial charge is 0.326 e. The second kappa shape index (κ2) is 6.88. The molecule has 0 saturated heterocycles. The van der Waals surface area contributed by atoms with Crippen molar-refractivity contribution in [3.8, 4) is 0 Å². The number of hydrogen-bond donors (Lipinski definition) is 4. The Bertz CT molecular complexity index is 830. The van der Waals surface area contributed by atoms with Crippen molar-refractivity contribution < 1.29 is 9.90 Å². The summed E-state index contributed by atoms with van der Waals surface area (Å²) in [5.41, 5.74) is 7.99. The maximum atomic E-state index is 11.9. The molecule has 0 spiro atoms. The minimum absolute atomic E-state index is 0.339. The lowest BCUT2D eigenvalue weighted by atomic mass is 10.1. The average molecular weight is 345 g/mol. The number of nitrogens with two attached hydrogens (primary N) is 1. The Labute approximate surface area is 143 Å². The number of thioether (sulfide) groups is 1. The normalized spacial score (nSPS) is 12.4. The monoisotopic (exact) mass is 345 g/mol. The number of carbonyl (C=O) groups is 1. The molecule has 0 aliphatic heterocycles. The third-order valence-electron chi connectivity index (χ3n) is 3.80. The number of anilines is 3. The first kappa shape index (κ1) is 16.3. The van der Waals surface area contributed by atoms with Gasteiger partial charge in [0.05, 0.1) is 11.0 Å². The van der Waals surface area contributed by atoms with E-state index in [0.29, 0.717) is 12.4 Å². The van der Waals surface area contributed by atoms with Gasteiger partial charge in [-0.3, -0.25) is 0 Å². The number of aliphatic carboxylic acids is 1. The lowest BCUT2D eigenvalue weighted by molar-refractivity contribution is -0.138. The molecule has 0 amide bonds. The zero-order valence-corrected chi connectivity index (χ0v) is 14.0. The van der Waals surface area contributed by atoms with Gasteiger partial charge in [0.25, 0.3) is 0 Å². The van der Waals surface area contributed by atoms with Crippen molar-refractivity contribution in [2.75, 3.05) is 22.6 Å². The molecule has 8 heteroatoms. The van der Waals surface area contributed by atoms with E-state index in [1.54, 1.807) is 22.9 Å². The van der Waals surface area contributed by atoms with Gasteiger partial charge in [0.2, 0.25) is 0 Å². The van der Waals surface area contributed by atoms with Gasteiger partial charge in [-0.05, 0) is 48.8 Å². The largest absolute Gasteiger partial charge is 0.480 e. The van der Waals surface area contributed by atoms with Crippen LogP contribution in [0.1, 0.15) is 6.42 Å². The molecular formula is C16H19N5O2S. The molecule has 2 heterocycles. The molecule has 0 aliphatic rings. The average Bonchev–Trinajstić information content (AvgIpc) is 3.18. The zero-order valence-electron chi connectivity index (χ0n) is 13.2. The molecule has 0 aliphatic carbocycles. The van der Waals surface area contributed by atoms with Crippen molar-refractivity contribution in [3.05, 3.63) is 36.5 Å². The van der Waals surface area contributed by atoms with Crippen LogP contribution >= 0.6 is 11.8 Å². The number of fused-ring (bicyclic) bond motifs is 1. The fraction of sp³-hybridized carbons (Fsp3) is 0.250. The minimum Gasteiger partial charge on any atom is -0.480 e. The molecular weight excluding hydrogens is 326 g/mol. The molecule has 0 unspecified atom stereocenters. The Morgan fingerprint density at radius 2 is 2.29 bits per heavy atom. The Balaban J connectivity index is 2.06. The van der Waals surface area contributed by atoms with Crippen LogP contribution in [0.3, 0.4) is 0 Å². The summed E-state index contributed by atoms with van der Waals surface area (Å²) in [6, 6.07) is 8.60. The zero-order chi connectivity index (χ0) is 17.1. The van der Waals surface area contributed by atoms with Gasteiger partial charge in [-0.2, -0.15) is 11.8 Å². The summed E-state index contributed by atoms with van der Waals surface area (Å²) < 4.78 is 0. The number of nitrogen functional groups attached to an aromatic ring is 1. The van der Waals surface area contributed by atoms with E-state index in [1.807, 2.05) is 36.6 Å². The number of imidazole rings is 1. The van der Waals surface area contributed by atoms with Crippen LogP contribution in [0, 0.1) is 0 Å². The van der Waals surface area contributed by atoms with E-state index in [0.717, 1.165) is 28.3 Å². The highest BCUT2D eigenvalue weighted by molar-refractivity contribution is 7.98. The van der Waals surface area contributed by atoms with E-state index in [-0.39, 0.29) is 0 Å². The quantitative estimate of drug-likeness (QED) is 0.524. The number of rotatable bonds is 7. The standard InChI is InChI=1S/C16H19N5O2S/c1-24-8-6-13(15(22)23)21(14-3-2-7-18-14)10-4-5-11-12(9-10)20-16(17)19-11/h2-5,7,9,13,18H,6,8H2,1H3,(H,22,23)(H3,17,19,20)/t13-/m0/s1. The summed E-state index contributed by atoms with van der Waals surface area (Å²) in [6.45, 7) is 0. The SMILES string of the molecule is CSCC[C@@H](C(=O)O)N(c1ccc2nc(N)[nH]c2c1)c1ccc[nH]1. The van der Waals surface area contributed by atoms with Gasteiger partial charge >= 0.3 is 5.97 Å². The van der Waals surface area contributed by atoms with Gasteiger partial charge in [-0.25, -0.2) is 9.78 Å². The van der Waals surface area contributed by atoms with Crippen molar-refractivity contribution in [2.45, 2.75) is 12.5 Å². The molecule has 0 saturated carbocycles. The fourth-order valence-corrected chi connectivity index (χ4v) is 3.18. The number of hydrogen-bond acceptors (Lipinski definition) is 5. The van der Waals surface area contributed by atoms with Crippen molar-refractivity contribution >= 4 is 46.2 Å². The van der Waals surface area contributed by atoms with Crippen LogP contribution in [0.25, 0.3) is 11.0 Å². The lowest BCUT2D eigenvalue weighted by Crippen LogP contribution is -2.38. The first-order valence-electron chi connectivity index (χ1n) is 7.49. The molecule has 3 aromatic rings. The number of carboxylic acid groups (broad SMARTS) is 1.